The van der Waals surface area contributed by atoms with Crippen molar-refractivity contribution in [3.8, 4) is 0 Å². The fourth-order valence-electron chi connectivity index (χ4n) is 3.32. The van der Waals surface area contributed by atoms with E-state index in [2.05, 4.69) is 18.7 Å². The zero-order valence-electron chi connectivity index (χ0n) is 12.7. The first-order chi connectivity index (χ1) is 9.07. The van der Waals surface area contributed by atoms with Gasteiger partial charge in [0, 0.05) is 38.8 Å². The summed E-state index contributed by atoms with van der Waals surface area (Å²) < 4.78 is 0. The van der Waals surface area contributed by atoms with Crippen molar-refractivity contribution in [1.82, 2.24) is 9.80 Å². The lowest BCUT2D eigenvalue weighted by Crippen LogP contribution is -2.50. The highest BCUT2D eigenvalue weighted by Crippen LogP contribution is 2.33. The number of rotatable bonds is 6. The summed E-state index contributed by atoms with van der Waals surface area (Å²) in [5.74, 6) is 0.252. The molecule has 2 N–H and O–H groups in total. The second kappa shape index (κ2) is 5.80. The Hall–Kier alpha value is -0.610. The van der Waals surface area contributed by atoms with E-state index in [1.165, 1.54) is 12.8 Å². The van der Waals surface area contributed by atoms with Crippen LogP contribution in [0.25, 0.3) is 0 Å². The van der Waals surface area contributed by atoms with Crippen molar-refractivity contribution in [3.05, 3.63) is 0 Å². The molecule has 1 saturated heterocycles. The highest BCUT2D eigenvalue weighted by atomic mass is 16.2. The molecule has 0 aromatic carbocycles. The standard InChI is InChI=1S/C15H29N3O/c1-4-15(5-2,11-16)14(19)17(3)13-8-9-18(10-13)12-6-7-12/h12-13H,4-11,16H2,1-3H3. The second-order valence-corrected chi connectivity index (χ2v) is 6.28. The van der Waals surface area contributed by atoms with Crippen LogP contribution in [0.2, 0.25) is 0 Å². The lowest BCUT2D eigenvalue weighted by Gasteiger charge is -2.36. The maximum absolute atomic E-state index is 12.8. The maximum Gasteiger partial charge on any atom is 0.230 e. The Morgan fingerprint density at radius 1 is 1.32 bits per heavy atom. The fourth-order valence-corrected chi connectivity index (χ4v) is 3.32. The normalized spacial score (nSPS) is 24.7. The Morgan fingerprint density at radius 3 is 2.42 bits per heavy atom. The number of amides is 1. The minimum Gasteiger partial charge on any atom is -0.341 e. The quantitative estimate of drug-likeness (QED) is 0.792. The molecule has 2 rings (SSSR count). The van der Waals surface area contributed by atoms with Crippen molar-refractivity contribution < 1.29 is 4.79 Å². The highest BCUT2D eigenvalue weighted by molar-refractivity contribution is 5.83. The molecule has 1 atom stereocenters. The van der Waals surface area contributed by atoms with E-state index in [-0.39, 0.29) is 11.3 Å². The van der Waals surface area contributed by atoms with Crippen molar-refractivity contribution >= 4 is 5.91 Å². The summed E-state index contributed by atoms with van der Waals surface area (Å²) >= 11 is 0. The van der Waals surface area contributed by atoms with Gasteiger partial charge in [0.1, 0.15) is 0 Å². The average Bonchev–Trinajstić information content (AvgIpc) is 3.18. The van der Waals surface area contributed by atoms with Crippen LogP contribution in [0, 0.1) is 5.41 Å². The van der Waals surface area contributed by atoms with Gasteiger partial charge in [0.2, 0.25) is 5.91 Å². The molecule has 0 bridgehead atoms. The van der Waals surface area contributed by atoms with Crippen molar-refractivity contribution in [1.29, 1.82) is 0 Å². The van der Waals surface area contributed by atoms with Crippen LogP contribution in [-0.4, -0.2) is 54.5 Å². The van der Waals surface area contributed by atoms with E-state index in [0.717, 1.165) is 38.4 Å². The van der Waals surface area contributed by atoms with E-state index >= 15 is 0 Å². The van der Waals surface area contributed by atoms with Gasteiger partial charge in [-0.25, -0.2) is 0 Å². The molecule has 0 spiro atoms. The monoisotopic (exact) mass is 267 g/mol. The molecule has 19 heavy (non-hydrogen) atoms. The first-order valence-corrected chi connectivity index (χ1v) is 7.79. The third-order valence-electron chi connectivity index (χ3n) is 5.32. The minimum atomic E-state index is -0.345. The number of carbonyl (C=O) groups excluding carboxylic acids is 1. The zero-order valence-corrected chi connectivity index (χ0v) is 12.7. The van der Waals surface area contributed by atoms with Gasteiger partial charge in [-0.05, 0) is 32.1 Å². The maximum atomic E-state index is 12.8. The molecule has 4 heteroatoms. The Morgan fingerprint density at radius 2 is 1.95 bits per heavy atom. The summed E-state index contributed by atoms with van der Waals surface area (Å²) in [5.41, 5.74) is 5.55. The van der Waals surface area contributed by atoms with Gasteiger partial charge in [0.15, 0.2) is 0 Å². The Labute approximate surface area is 117 Å². The second-order valence-electron chi connectivity index (χ2n) is 6.28. The summed E-state index contributed by atoms with van der Waals surface area (Å²) in [6, 6.07) is 1.20. The fraction of sp³-hybridized carbons (Fsp3) is 0.933. The smallest absolute Gasteiger partial charge is 0.230 e. The molecule has 0 aromatic heterocycles. The number of nitrogens with zero attached hydrogens (tertiary/aromatic N) is 2. The Kier molecular flexibility index (Phi) is 4.51. The molecule has 1 unspecified atom stereocenters. The number of likely N-dealkylation sites (tertiary alicyclic amines) is 1. The van der Waals surface area contributed by atoms with Gasteiger partial charge < -0.3 is 10.6 Å². The summed E-state index contributed by atoms with van der Waals surface area (Å²) in [7, 11) is 1.97. The molecule has 1 heterocycles. The SMILES string of the molecule is CCC(CC)(CN)C(=O)N(C)C1CCN(C2CC2)C1. The van der Waals surface area contributed by atoms with Crippen molar-refractivity contribution in [2.75, 3.05) is 26.7 Å². The van der Waals surface area contributed by atoms with Gasteiger partial charge >= 0.3 is 0 Å². The average molecular weight is 267 g/mol. The third kappa shape index (κ3) is 2.79. The van der Waals surface area contributed by atoms with Crippen LogP contribution in [0.5, 0.6) is 0 Å². The van der Waals surface area contributed by atoms with E-state index in [0.29, 0.717) is 12.6 Å². The predicted octanol–water partition coefficient (Wildman–Crippen LogP) is 1.45. The van der Waals surface area contributed by atoms with Gasteiger partial charge in [-0.2, -0.15) is 0 Å². The van der Waals surface area contributed by atoms with Crippen LogP contribution in [0.1, 0.15) is 46.0 Å². The van der Waals surface area contributed by atoms with Crippen LogP contribution in [-0.2, 0) is 4.79 Å². The van der Waals surface area contributed by atoms with E-state index in [1.807, 2.05) is 11.9 Å². The molecular formula is C15H29N3O. The molecular weight excluding hydrogens is 238 g/mol. The Balaban J connectivity index is 1.98. The Bertz CT molecular complexity index is 315. The topological polar surface area (TPSA) is 49.6 Å². The lowest BCUT2D eigenvalue weighted by atomic mass is 9.80. The van der Waals surface area contributed by atoms with Crippen molar-refractivity contribution in [2.45, 2.75) is 58.0 Å². The van der Waals surface area contributed by atoms with Crippen molar-refractivity contribution in [3.63, 3.8) is 0 Å². The lowest BCUT2D eigenvalue weighted by molar-refractivity contribution is -0.142. The number of carbonyl (C=O) groups is 1. The highest BCUT2D eigenvalue weighted by Gasteiger charge is 2.41. The van der Waals surface area contributed by atoms with Gasteiger partial charge in [-0.3, -0.25) is 9.69 Å². The molecule has 0 radical (unpaired) electrons. The molecule has 4 nitrogen and oxygen atoms in total. The molecule has 110 valence electrons. The number of hydrogen-bond acceptors (Lipinski definition) is 3. The van der Waals surface area contributed by atoms with Gasteiger partial charge in [-0.15, -0.1) is 0 Å². The minimum absolute atomic E-state index is 0.252. The number of nitrogens with two attached hydrogens (primary N) is 1. The van der Waals surface area contributed by atoms with Crippen LogP contribution in [0.3, 0.4) is 0 Å². The number of likely N-dealkylation sites (N-methyl/N-ethyl adjacent to an activating group) is 1. The molecule has 1 amide bonds. The predicted molar refractivity (Wildman–Crippen MR) is 77.8 cm³/mol. The molecule has 1 saturated carbocycles. The summed E-state index contributed by atoms with van der Waals surface area (Å²) in [6.07, 6.45) is 5.49. The van der Waals surface area contributed by atoms with Gasteiger partial charge in [0.05, 0.1) is 5.41 Å². The summed E-state index contributed by atoms with van der Waals surface area (Å²) in [4.78, 5) is 17.3. The molecule has 0 aromatic rings. The molecule has 2 aliphatic rings. The molecule has 1 aliphatic carbocycles. The first-order valence-electron chi connectivity index (χ1n) is 7.79. The largest absolute Gasteiger partial charge is 0.341 e. The van der Waals surface area contributed by atoms with E-state index in [4.69, 9.17) is 5.73 Å². The van der Waals surface area contributed by atoms with Crippen LogP contribution in [0.15, 0.2) is 0 Å². The summed E-state index contributed by atoms with van der Waals surface area (Å²) in [6.45, 7) is 6.82. The van der Waals surface area contributed by atoms with Crippen LogP contribution < -0.4 is 5.73 Å². The van der Waals surface area contributed by atoms with Gasteiger partial charge in [-0.1, -0.05) is 13.8 Å². The zero-order chi connectivity index (χ0) is 14.0. The molecule has 1 aliphatic heterocycles. The van der Waals surface area contributed by atoms with Crippen LogP contribution in [0.4, 0.5) is 0 Å². The van der Waals surface area contributed by atoms with Crippen LogP contribution >= 0.6 is 0 Å². The van der Waals surface area contributed by atoms with Gasteiger partial charge in [0.25, 0.3) is 0 Å². The summed E-state index contributed by atoms with van der Waals surface area (Å²) in [5, 5.41) is 0. The molecule has 2 fully saturated rings. The number of hydrogen-bond donors (Lipinski definition) is 1. The van der Waals surface area contributed by atoms with E-state index in [1.54, 1.807) is 0 Å². The van der Waals surface area contributed by atoms with E-state index in [9.17, 15) is 4.79 Å². The van der Waals surface area contributed by atoms with Crippen molar-refractivity contribution in [2.24, 2.45) is 11.1 Å². The third-order valence-corrected chi connectivity index (χ3v) is 5.32. The first kappa shape index (κ1) is 14.8. The van der Waals surface area contributed by atoms with E-state index < -0.39 is 0 Å².